The highest BCUT2D eigenvalue weighted by atomic mass is 16.3. The lowest BCUT2D eigenvalue weighted by molar-refractivity contribution is 0.143. The maximum Gasteiger partial charge on any atom is 0.0613 e. The first-order chi connectivity index (χ1) is 7.26. The maximum atomic E-state index is 9.59. The minimum absolute atomic E-state index is 0.0416. The molecule has 1 aliphatic rings. The Morgan fingerprint density at radius 1 is 1.27 bits per heavy atom. The van der Waals surface area contributed by atoms with Crippen LogP contribution in [-0.4, -0.2) is 23.8 Å². The molecule has 90 valence electrons. The Bertz CT molecular complexity index is 172. The average Bonchev–Trinajstić information content (AvgIpc) is 2.49. The van der Waals surface area contributed by atoms with Crippen LogP contribution in [0.25, 0.3) is 0 Å². The normalized spacial score (nSPS) is 32.6. The van der Waals surface area contributed by atoms with E-state index in [1.165, 1.54) is 25.7 Å². The second kappa shape index (κ2) is 6.49. The van der Waals surface area contributed by atoms with Crippen LogP contribution in [-0.2, 0) is 0 Å². The molecule has 2 atom stereocenters. The monoisotopic (exact) mass is 213 g/mol. The van der Waals surface area contributed by atoms with Gasteiger partial charge in [-0.05, 0) is 38.1 Å². The molecule has 0 heterocycles. The zero-order valence-corrected chi connectivity index (χ0v) is 10.4. The van der Waals surface area contributed by atoms with Crippen molar-refractivity contribution in [3.63, 3.8) is 0 Å². The van der Waals surface area contributed by atoms with Crippen molar-refractivity contribution in [1.29, 1.82) is 0 Å². The summed E-state index contributed by atoms with van der Waals surface area (Å²) < 4.78 is 0. The standard InChI is InChI=1S/C13H27NO/c1-3-10-14-13(11-15)8-5-6-12(4-2)7-9-13/h12,14-15H,3-11H2,1-2H3. The average molecular weight is 213 g/mol. The van der Waals surface area contributed by atoms with Gasteiger partial charge in [0.15, 0.2) is 0 Å². The van der Waals surface area contributed by atoms with Crippen molar-refractivity contribution >= 4 is 0 Å². The lowest BCUT2D eigenvalue weighted by atomic mass is 9.90. The molecule has 1 saturated carbocycles. The van der Waals surface area contributed by atoms with Crippen LogP contribution in [0, 0.1) is 5.92 Å². The van der Waals surface area contributed by atoms with Crippen molar-refractivity contribution < 1.29 is 5.11 Å². The quantitative estimate of drug-likeness (QED) is 0.688. The third kappa shape index (κ3) is 3.76. The Labute approximate surface area is 94.5 Å². The van der Waals surface area contributed by atoms with Crippen molar-refractivity contribution in [3.8, 4) is 0 Å². The Morgan fingerprint density at radius 2 is 2.07 bits per heavy atom. The second-order valence-electron chi connectivity index (χ2n) is 5.07. The molecule has 0 aromatic carbocycles. The fourth-order valence-electron chi connectivity index (χ4n) is 2.67. The van der Waals surface area contributed by atoms with Gasteiger partial charge in [-0.2, -0.15) is 0 Å². The zero-order valence-electron chi connectivity index (χ0n) is 10.4. The van der Waals surface area contributed by atoms with Gasteiger partial charge in [-0.3, -0.25) is 0 Å². The van der Waals surface area contributed by atoms with Crippen LogP contribution >= 0.6 is 0 Å². The highest BCUT2D eigenvalue weighted by molar-refractivity contribution is 4.90. The predicted molar refractivity (Wildman–Crippen MR) is 65.0 cm³/mol. The number of aliphatic hydroxyl groups is 1. The molecule has 0 aromatic rings. The minimum atomic E-state index is 0.0416. The maximum absolute atomic E-state index is 9.59. The van der Waals surface area contributed by atoms with E-state index >= 15 is 0 Å². The number of rotatable bonds is 5. The van der Waals surface area contributed by atoms with Crippen LogP contribution in [0.4, 0.5) is 0 Å². The molecule has 2 heteroatoms. The molecule has 0 amide bonds. The molecular formula is C13H27NO. The van der Waals surface area contributed by atoms with E-state index in [0.29, 0.717) is 6.61 Å². The molecule has 0 aliphatic heterocycles. The van der Waals surface area contributed by atoms with E-state index in [-0.39, 0.29) is 5.54 Å². The first kappa shape index (κ1) is 13.0. The van der Waals surface area contributed by atoms with E-state index in [1.807, 2.05) is 0 Å². The van der Waals surface area contributed by atoms with E-state index < -0.39 is 0 Å². The molecule has 15 heavy (non-hydrogen) atoms. The molecule has 0 radical (unpaired) electrons. The van der Waals surface area contributed by atoms with Gasteiger partial charge in [0.2, 0.25) is 0 Å². The van der Waals surface area contributed by atoms with E-state index in [4.69, 9.17) is 0 Å². The Hall–Kier alpha value is -0.0800. The van der Waals surface area contributed by atoms with Crippen LogP contribution in [0.2, 0.25) is 0 Å². The van der Waals surface area contributed by atoms with Gasteiger partial charge in [-0.15, -0.1) is 0 Å². The van der Waals surface area contributed by atoms with Crippen LogP contribution < -0.4 is 5.32 Å². The number of hydrogen-bond donors (Lipinski definition) is 2. The lowest BCUT2D eigenvalue weighted by Crippen LogP contribution is -2.48. The summed E-state index contributed by atoms with van der Waals surface area (Å²) in [6.07, 6.45) is 8.67. The Morgan fingerprint density at radius 3 is 2.67 bits per heavy atom. The zero-order chi connectivity index (χ0) is 11.1. The minimum Gasteiger partial charge on any atom is -0.394 e. The molecule has 0 spiro atoms. The summed E-state index contributed by atoms with van der Waals surface area (Å²) in [5.74, 6) is 0.891. The van der Waals surface area contributed by atoms with Crippen molar-refractivity contribution in [1.82, 2.24) is 5.32 Å². The van der Waals surface area contributed by atoms with Crippen LogP contribution in [0.15, 0.2) is 0 Å². The summed E-state index contributed by atoms with van der Waals surface area (Å²) in [5, 5.41) is 13.2. The topological polar surface area (TPSA) is 32.3 Å². The number of aliphatic hydroxyl groups excluding tert-OH is 1. The lowest BCUT2D eigenvalue weighted by Gasteiger charge is -2.32. The second-order valence-corrected chi connectivity index (χ2v) is 5.07. The molecule has 0 saturated heterocycles. The Balaban J connectivity index is 2.49. The Kier molecular flexibility index (Phi) is 5.62. The van der Waals surface area contributed by atoms with Crippen molar-refractivity contribution in [2.24, 2.45) is 5.92 Å². The molecule has 1 rings (SSSR count). The van der Waals surface area contributed by atoms with Crippen molar-refractivity contribution in [2.75, 3.05) is 13.2 Å². The SMILES string of the molecule is CCCNC1(CO)CCCC(CC)CC1. The third-order valence-corrected chi connectivity index (χ3v) is 3.93. The fourth-order valence-corrected chi connectivity index (χ4v) is 2.67. The molecule has 1 fully saturated rings. The molecule has 2 nitrogen and oxygen atoms in total. The van der Waals surface area contributed by atoms with E-state index in [1.54, 1.807) is 0 Å². The summed E-state index contributed by atoms with van der Waals surface area (Å²) >= 11 is 0. The van der Waals surface area contributed by atoms with Crippen LogP contribution in [0.1, 0.15) is 58.8 Å². The molecule has 0 bridgehead atoms. The molecular weight excluding hydrogens is 186 g/mol. The van der Waals surface area contributed by atoms with Gasteiger partial charge in [0, 0.05) is 5.54 Å². The number of hydrogen-bond acceptors (Lipinski definition) is 2. The number of nitrogens with one attached hydrogen (secondary N) is 1. The summed E-state index contributed by atoms with van der Waals surface area (Å²) in [6.45, 7) is 5.82. The molecule has 0 aromatic heterocycles. The van der Waals surface area contributed by atoms with Gasteiger partial charge in [0.25, 0.3) is 0 Å². The van der Waals surface area contributed by atoms with Crippen molar-refractivity contribution in [3.05, 3.63) is 0 Å². The van der Waals surface area contributed by atoms with Crippen LogP contribution in [0.5, 0.6) is 0 Å². The third-order valence-electron chi connectivity index (χ3n) is 3.93. The smallest absolute Gasteiger partial charge is 0.0613 e. The van der Waals surface area contributed by atoms with Gasteiger partial charge >= 0.3 is 0 Å². The fraction of sp³-hybridized carbons (Fsp3) is 1.00. The summed E-state index contributed by atoms with van der Waals surface area (Å²) in [6, 6.07) is 0. The molecule has 2 N–H and O–H groups in total. The van der Waals surface area contributed by atoms with Gasteiger partial charge in [-0.25, -0.2) is 0 Å². The van der Waals surface area contributed by atoms with Gasteiger partial charge in [0.05, 0.1) is 6.61 Å². The predicted octanol–water partition coefficient (Wildman–Crippen LogP) is 2.71. The van der Waals surface area contributed by atoms with E-state index in [0.717, 1.165) is 31.7 Å². The van der Waals surface area contributed by atoms with Gasteiger partial charge in [0.1, 0.15) is 0 Å². The van der Waals surface area contributed by atoms with Gasteiger partial charge in [-0.1, -0.05) is 33.1 Å². The largest absolute Gasteiger partial charge is 0.394 e. The molecule has 2 unspecified atom stereocenters. The summed E-state index contributed by atoms with van der Waals surface area (Å²) in [7, 11) is 0. The van der Waals surface area contributed by atoms with E-state index in [2.05, 4.69) is 19.2 Å². The van der Waals surface area contributed by atoms with E-state index in [9.17, 15) is 5.11 Å². The first-order valence-corrected chi connectivity index (χ1v) is 6.62. The highest BCUT2D eigenvalue weighted by Crippen LogP contribution is 2.31. The highest BCUT2D eigenvalue weighted by Gasteiger charge is 2.31. The van der Waals surface area contributed by atoms with Crippen molar-refractivity contribution in [2.45, 2.75) is 64.3 Å². The van der Waals surface area contributed by atoms with Gasteiger partial charge < -0.3 is 10.4 Å². The van der Waals surface area contributed by atoms with Crippen LogP contribution in [0.3, 0.4) is 0 Å². The molecule has 1 aliphatic carbocycles. The summed E-state index contributed by atoms with van der Waals surface area (Å²) in [4.78, 5) is 0. The summed E-state index contributed by atoms with van der Waals surface area (Å²) in [5.41, 5.74) is 0.0416. The first-order valence-electron chi connectivity index (χ1n) is 6.62.